The van der Waals surface area contributed by atoms with Crippen LogP contribution in [0.15, 0.2) is 53.7 Å². The van der Waals surface area contributed by atoms with Gasteiger partial charge in [-0.15, -0.1) is 0 Å². The van der Waals surface area contributed by atoms with E-state index < -0.39 is 17.7 Å². The normalized spacial score (nSPS) is 21.2. The third kappa shape index (κ3) is 2.87. The van der Waals surface area contributed by atoms with Crippen molar-refractivity contribution in [2.75, 3.05) is 10.6 Å². The lowest BCUT2D eigenvalue weighted by Gasteiger charge is -2.34. The number of ketones is 1. The van der Waals surface area contributed by atoms with Gasteiger partial charge in [-0.2, -0.15) is 0 Å². The van der Waals surface area contributed by atoms with Gasteiger partial charge in [-0.05, 0) is 42.2 Å². The van der Waals surface area contributed by atoms with Crippen LogP contribution in [0.3, 0.4) is 0 Å². The molecule has 0 fully saturated rings. The number of allylic oxidation sites excluding steroid dienone is 1. The number of anilines is 2. The number of halogens is 2. The van der Waals surface area contributed by atoms with Crippen LogP contribution in [0.4, 0.5) is 20.2 Å². The summed E-state index contributed by atoms with van der Waals surface area (Å²) in [6.07, 6.45) is 1.04. The number of carbonyl (C=O) groups is 1. The molecule has 1 aliphatic heterocycles. The van der Waals surface area contributed by atoms with Gasteiger partial charge < -0.3 is 10.6 Å². The summed E-state index contributed by atoms with van der Waals surface area (Å²) >= 11 is 0. The van der Waals surface area contributed by atoms with Crippen molar-refractivity contribution >= 4 is 17.2 Å². The molecule has 0 aromatic heterocycles. The Morgan fingerprint density at radius 1 is 1.04 bits per heavy atom. The predicted molar refractivity (Wildman–Crippen MR) is 97.8 cm³/mol. The van der Waals surface area contributed by atoms with Crippen molar-refractivity contribution in [2.45, 2.75) is 32.7 Å². The molecular formula is C21H20F2N2O. The smallest absolute Gasteiger partial charge is 0.163 e. The highest BCUT2D eigenvalue weighted by Crippen LogP contribution is 2.45. The molecule has 2 aromatic rings. The van der Waals surface area contributed by atoms with E-state index in [1.54, 1.807) is 0 Å². The molecule has 0 radical (unpaired) electrons. The average molecular weight is 354 g/mol. The minimum absolute atomic E-state index is 0.0438. The van der Waals surface area contributed by atoms with Gasteiger partial charge in [0.15, 0.2) is 5.78 Å². The Morgan fingerprint density at radius 3 is 2.54 bits per heavy atom. The van der Waals surface area contributed by atoms with E-state index in [4.69, 9.17) is 0 Å². The second-order valence-corrected chi connectivity index (χ2v) is 7.75. The minimum Gasteiger partial charge on any atom is -0.372 e. The van der Waals surface area contributed by atoms with Gasteiger partial charge in [-0.3, -0.25) is 4.79 Å². The Kier molecular flexibility index (Phi) is 3.83. The van der Waals surface area contributed by atoms with Gasteiger partial charge in [0.25, 0.3) is 0 Å². The number of Topliss-reactive ketones (excluding diaryl/α,β-unsaturated/α-hetero) is 1. The highest BCUT2D eigenvalue weighted by atomic mass is 19.1. The lowest BCUT2D eigenvalue weighted by Crippen LogP contribution is -2.31. The summed E-state index contributed by atoms with van der Waals surface area (Å²) < 4.78 is 28.4. The molecule has 5 heteroatoms. The van der Waals surface area contributed by atoms with Crippen LogP contribution in [-0.2, 0) is 4.79 Å². The quantitative estimate of drug-likeness (QED) is 0.741. The molecule has 2 N–H and O–H groups in total. The molecule has 4 rings (SSSR count). The summed E-state index contributed by atoms with van der Waals surface area (Å²) in [6.45, 7) is 4.08. The molecule has 0 bridgehead atoms. The molecule has 2 aliphatic rings. The topological polar surface area (TPSA) is 41.1 Å². The molecule has 3 nitrogen and oxygen atoms in total. The fourth-order valence-corrected chi connectivity index (χ4v) is 3.86. The fourth-order valence-electron chi connectivity index (χ4n) is 3.86. The average Bonchev–Trinajstić information content (AvgIpc) is 2.72. The molecule has 1 atom stereocenters. The summed E-state index contributed by atoms with van der Waals surface area (Å²) in [6, 6.07) is 10.1. The van der Waals surface area contributed by atoms with Crippen molar-refractivity contribution < 1.29 is 13.6 Å². The van der Waals surface area contributed by atoms with Gasteiger partial charge in [0.05, 0.1) is 17.4 Å². The maximum Gasteiger partial charge on any atom is 0.163 e. The van der Waals surface area contributed by atoms with Crippen LogP contribution in [0.5, 0.6) is 0 Å². The van der Waals surface area contributed by atoms with Crippen molar-refractivity contribution in [3.8, 4) is 0 Å². The van der Waals surface area contributed by atoms with Crippen molar-refractivity contribution in [1.29, 1.82) is 0 Å². The van der Waals surface area contributed by atoms with Gasteiger partial charge >= 0.3 is 0 Å². The van der Waals surface area contributed by atoms with Crippen LogP contribution in [0.25, 0.3) is 0 Å². The van der Waals surface area contributed by atoms with Crippen molar-refractivity contribution in [3.63, 3.8) is 0 Å². The summed E-state index contributed by atoms with van der Waals surface area (Å²) in [7, 11) is 0. The van der Waals surface area contributed by atoms with Gasteiger partial charge in [0.1, 0.15) is 11.6 Å². The standard InChI is InChI=1S/C21H20F2N2O/c1-21(2)10-17-19(18(26)11-21)20(13-9-12(22)7-8-14(13)23)25-16-6-4-3-5-15(16)24-17/h3-9,20,24-25H,10-11H2,1-2H3. The van der Waals surface area contributed by atoms with Crippen LogP contribution in [-0.4, -0.2) is 5.78 Å². The van der Waals surface area contributed by atoms with Gasteiger partial charge in [-0.1, -0.05) is 26.0 Å². The maximum absolute atomic E-state index is 14.5. The highest BCUT2D eigenvalue weighted by Gasteiger charge is 2.39. The lowest BCUT2D eigenvalue weighted by molar-refractivity contribution is -0.118. The largest absolute Gasteiger partial charge is 0.372 e. The summed E-state index contributed by atoms with van der Waals surface area (Å²) in [4.78, 5) is 13.0. The summed E-state index contributed by atoms with van der Waals surface area (Å²) in [5.74, 6) is -1.11. The first-order valence-electron chi connectivity index (χ1n) is 8.68. The zero-order valence-corrected chi connectivity index (χ0v) is 14.7. The Balaban J connectivity index is 1.93. The first-order chi connectivity index (χ1) is 12.3. The first-order valence-corrected chi connectivity index (χ1v) is 8.68. The lowest BCUT2D eigenvalue weighted by atomic mass is 9.73. The predicted octanol–water partition coefficient (Wildman–Crippen LogP) is 5.19. The second-order valence-electron chi connectivity index (χ2n) is 7.75. The number of fused-ring (bicyclic) bond motifs is 1. The van der Waals surface area contributed by atoms with E-state index in [0.717, 1.165) is 29.2 Å². The van der Waals surface area contributed by atoms with Crippen LogP contribution >= 0.6 is 0 Å². The minimum atomic E-state index is -0.736. The molecule has 0 saturated heterocycles. The zero-order chi connectivity index (χ0) is 18.5. The molecule has 2 aromatic carbocycles. The SMILES string of the molecule is CC1(C)CC(=O)C2=C(C1)Nc1ccccc1NC2c1cc(F)ccc1F. The first kappa shape index (κ1) is 16.8. The number of nitrogens with one attached hydrogen (secondary N) is 2. The van der Waals surface area contributed by atoms with E-state index in [1.165, 1.54) is 6.07 Å². The summed E-state index contributed by atoms with van der Waals surface area (Å²) in [5.41, 5.74) is 2.80. The van der Waals surface area contributed by atoms with Crippen molar-refractivity contribution in [3.05, 3.63) is 70.9 Å². The fraction of sp³-hybridized carbons (Fsp3) is 0.286. The van der Waals surface area contributed by atoms with Crippen LogP contribution in [0.1, 0.15) is 38.3 Å². The number of hydrogen-bond donors (Lipinski definition) is 2. The van der Waals surface area contributed by atoms with E-state index in [-0.39, 0.29) is 16.8 Å². The van der Waals surface area contributed by atoms with E-state index >= 15 is 0 Å². The molecular weight excluding hydrogens is 334 g/mol. The molecule has 0 saturated carbocycles. The summed E-state index contributed by atoms with van der Waals surface area (Å²) in [5, 5.41) is 6.61. The molecule has 26 heavy (non-hydrogen) atoms. The van der Waals surface area contributed by atoms with Crippen molar-refractivity contribution in [2.24, 2.45) is 5.41 Å². The molecule has 1 aliphatic carbocycles. The number of benzene rings is 2. The van der Waals surface area contributed by atoms with E-state index in [2.05, 4.69) is 10.6 Å². The number of rotatable bonds is 1. The zero-order valence-electron chi connectivity index (χ0n) is 14.7. The molecule has 134 valence electrons. The maximum atomic E-state index is 14.5. The Hall–Kier alpha value is -2.69. The number of para-hydroxylation sites is 2. The van der Waals surface area contributed by atoms with Crippen molar-refractivity contribution in [1.82, 2.24) is 0 Å². The third-order valence-electron chi connectivity index (χ3n) is 4.99. The Bertz CT molecular complexity index is 933. The molecule has 0 spiro atoms. The van der Waals surface area contributed by atoms with Gasteiger partial charge in [0.2, 0.25) is 0 Å². The molecule has 1 heterocycles. The van der Waals surface area contributed by atoms with E-state index in [1.807, 2.05) is 38.1 Å². The monoisotopic (exact) mass is 354 g/mol. The van der Waals surface area contributed by atoms with E-state index in [0.29, 0.717) is 18.4 Å². The second kappa shape index (κ2) is 5.94. The Morgan fingerprint density at radius 2 is 1.77 bits per heavy atom. The van der Waals surface area contributed by atoms with Crippen LogP contribution in [0, 0.1) is 17.0 Å². The Labute approximate surface area is 151 Å². The highest BCUT2D eigenvalue weighted by molar-refractivity contribution is 6.01. The van der Waals surface area contributed by atoms with Gasteiger partial charge in [0, 0.05) is 23.3 Å². The van der Waals surface area contributed by atoms with Gasteiger partial charge in [-0.25, -0.2) is 8.78 Å². The van der Waals surface area contributed by atoms with E-state index in [9.17, 15) is 13.6 Å². The van der Waals surface area contributed by atoms with Crippen LogP contribution < -0.4 is 10.6 Å². The molecule has 0 amide bonds. The van der Waals surface area contributed by atoms with Crippen LogP contribution in [0.2, 0.25) is 0 Å². The molecule has 1 unspecified atom stereocenters. The number of carbonyl (C=O) groups excluding carboxylic acids is 1. The number of hydrogen-bond acceptors (Lipinski definition) is 3. The third-order valence-corrected chi connectivity index (χ3v) is 4.99.